The van der Waals surface area contributed by atoms with Crippen LogP contribution in [0.3, 0.4) is 0 Å². The molecule has 7 heteroatoms. The molecule has 0 radical (unpaired) electrons. The first kappa shape index (κ1) is 10.9. The van der Waals surface area contributed by atoms with E-state index in [4.69, 9.17) is 5.73 Å². The summed E-state index contributed by atoms with van der Waals surface area (Å²) in [6, 6.07) is 0. The first-order valence-electron chi connectivity index (χ1n) is 2.79. The number of esters is 1. The molecule has 0 rings (SSSR count). The Morgan fingerprint density at radius 1 is 1.42 bits per heavy atom. The van der Waals surface area contributed by atoms with E-state index in [1.165, 1.54) is 0 Å². The van der Waals surface area contributed by atoms with Crippen molar-refractivity contribution < 1.29 is 27.5 Å². The first-order valence-corrected chi connectivity index (χ1v) is 2.79. The molecule has 0 aliphatic heterocycles. The van der Waals surface area contributed by atoms with Crippen molar-refractivity contribution in [3.63, 3.8) is 0 Å². The Morgan fingerprint density at radius 2 is 1.83 bits per heavy atom. The lowest BCUT2D eigenvalue weighted by Crippen LogP contribution is -2.38. The number of alkyl halides is 3. The van der Waals surface area contributed by atoms with Crippen LogP contribution in [0, 0.1) is 0 Å². The lowest BCUT2D eigenvalue weighted by atomic mass is 10.4. The van der Waals surface area contributed by atoms with Gasteiger partial charge in [0.25, 0.3) is 0 Å². The summed E-state index contributed by atoms with van der Waals surface area (Å²) in [5.41, 5.74) is 4.72. The summed E-state index contributed by atoms with van der Waals surface area (Å²) in [5, 5.41) is 0. The smallest absolute Gasteiger partial charge is 0.433 e. The molecule has 0 spiro atoms. The van der Waals surface area contributed by atoms with Crippen LogP contribution in [0.25, 0.3) is 0 Å². The van der Waals surface area contributed by atoms with Gasteiger partial charge in [-0.05, 0) is 6.92 Å². The fourth-order valence-electron chi connectivity index (χ4n) is 0.265. The van der Waals surface area contributed by atoms with Crippen molar-refractivity contribution >= 4 is 11.8 Å². The zero-order chi connectivity index (χ0) is 9.94. The predicted molar refractivity (Wildman–Crippen MR) is 30.8 cm³/mol. The number of ketones is 1. The van der Waals surface area contributed by atoms with Gasteiger partial charge in [0.2, 0.25) is 6.23 Å². The molecule has 0 aromatic heterocycles. The Kier molecular flexibility index (Phi) is 3.20. The molecule has 0 saturated carbocycles. The number of hydrogen-bond acceptors (Lipinski definition) is 4. The number of Topliss-reactive ketones (excluding diaryl/α,β-unsaturated/α-hetero) is 1. The van der Waals surface area contributed by atoms with Crippen molar-refractivity contribution in [2.45, 2.75) is 19.3 Å². The van der Waals surface area contributed by atoms with Gasteiger partial charge in [-0.15, -0.1) is 0 Å². The molecule has 0 aliphatic carbocycles. The maximum Gasteiger partial charge on any atom is 0.490 e. The Balaban J connectivity index is 4.11. The average molecular weight is 185 g/mol. The van der Waals surface area contributed by atoms with E-state index in [1.807, 2.05) is 0 Å². The predicted octanol–water partition coefficient (Wildman–Crippen LogP) is -0.0343. The summed E-state index contributed by atoms with van der Waals surface area (Å²) >= 11 is 0. The van der Waals surface area contributed by atoms with Gasteiger partial charge < -0.3 is 4.74 Å². The standard InChI is InChI=1S/C5H6F3NO3/c1-2(10)3(9)12-4(11)5(6,7)8/h3H,9H2,1H3. The molecular weight excluding hydrogens is 179 g/mol. The van der Waals surface area contributed by atoms with Crippen LogP contribution in [0.15, 0.2) is 0 Å². The van der Waals surface area contributed by atoms with Crippen molar-refractivity contribution in [3.8, 4) is 0 Å². The largest absolute Gasteiger partial charge is 0.490 e. The molecular formula is C5H6F3NO3. The normalized spacial score (nSPS) is 13.8. The van der Waals surface area contributed by atoms with Gasteiger partial charge in [-0.2, -0.15) is 13.2 Å². The van der Waals surface area contributed by atoms with Crippen LogP contribution in [0.1, 0.15) is 6.92 Å². The molecule has 1 atom stereocenters. The lowest BCUT2D eigenvalue weighted by Gasteiger charge is -2.10. The highest BCUT2D eigenvalue weighted by Gasteiger charge is 2.42. The van der Waals surface area contributed by atoms with E-state index < -0.39 is 24.2 Å². The average Bonchev–Trinajstić information content (AvgIpc) is 1.85. The number of rotatable bonds is 2. The molecule has 0 heterocycles. The van der Waals surface area contributed by atoms with Crippen molar-refractivity contribution in [2.75, 3.05) is 0 Å². The maximum absolute atomic E-state index is 11.4. The second kappa shape index (κ2) is 3.53. The number of carbonyl (C=O) groups excluding carboxylic acids is 2. The van der Waals surface area contributed by atoms with Gasteiger partial charge in [0, 0.05) is 0 Å². The molecule has 0 aromatic rings. The molecule has 70 valence electrons. The molecule has 0 amide bonds. The third kappa shape index (κ3) is 3.33. The molecule has 0 aliphatic rings. The minimum absolute atomic E-state index is 0.854. The van der Waals surface area contributed by atoms with Crippen LogP contribution >= 0.6 is 0 Å². The SMILES string of the molecule is CC(=O)C(N)OC(=O)C(F)(F)F. The minimum Gasteiger partial charge on any atom is -0.433 e. The van der Waals surface area contributed by atoms with E-state index in [0.717, 1.165) is 6.92 Å². The van der Waals surface area contributed by atoms with Gasteiger partial charge in [-0.3, -0.25) is 10.5 Å². The second-order valence-corrected chi connectivity index (χ2v) is 1.93. The molecule has 0 fully saturated rings. The number of hydrogen-bond donors (Lipinski definition) is 1. The topological polar surface area (TPSA) is 69.4 Å². The highest BCUT2D eigenvalue weighted by molar-refractivity contribution is 5.84. The summed E-state index contributed by atoms with van der Waals surface area (Å²) in [6.45, 7) is 0.911. The fraction of sp³-hybridized carbons (Fsp3) is 0.600. The van der Waals surface area contributed by atoms with E-state index in [1.54, 1.807) is 0 Å². The Labute approximate surface area is 65.5 Å². The highest BCUT2D eigenvalue weighted by atomic mass is 19.4. The zero-order valence-corrected chi connectivity index (χ0v) is 6.01. The fourth-order valence-corrected chi connectivity index (χ4v) is 0.265. The van der Waals surface area contributed by atoms with Gasteiger partial charge in [0.05, 0.1) is 0 Å². The highest BCUT2D eigenvalue weighted by Crippen LogP contribution is 2.16. The summed E-state index contributed by atoms with van der Waals surface area (Å²) in [5.74, 6) is -3.32. The first-order chi connectivity index (χ1) is 5.25. The summed E-state index contributed by atoms with van der Waals surface area (Å²) in [4.78, 5) is 20.2. The Hall–Kier alpha value is -1.11. The van der Waals surface area contributed by atoms with Crippen molar-refractivity contribution in [2.24, 2.45) is 5.73 Å². The number of carbonyl (C=O) groups is 2. The van der Waals surface area contributed by atoms with Crippen LogP contribution < -0.4 is 5.73 Å². The van der Waals surface area contributed by atoms with Crippen LogP contribution in [-0.2, 0) is 14.3 Å². The Morgan fingerprint density at radius 3 is 2.08 bits per heavy atom. The molecule has 12 heavy (non-hydrogen) atoms. The van der Waals surface area contributed by atoms with Gasteiger partial charge in [-0.1, -0.05) is 0 Å². The van der Waals surface area contributed by atoms with Gasteiger partial charge >= 0.3 is 12.1 Å². The summed E-state index contributed by atoms with van der Waals surface area (Å²) in [7, 11) is 0. The van der Waals surface area contributed by atoms with E-state index in [-0.39, 0.29) is 0 Å². The number of nitrogens with two attached hydrogens (primary N) is 1. The van der Waals surface area contributed by atoms with Gasteiger partial charge in [-0.25, -0.2) is 4.79 Å². The lowest BCUT2D eigenvalue weighted by molar-refractivity contribution is -0.204. The summed E-state index contributed by atoms with van der Waals surface area (Å²) in [6.07, 6.45) is -6.97. The minimum atomic E-state index is -5.12. The Bertz CT molecular complexity index is 201. The molecule has 0 aromatic carbocycles. The second-order valence-electron chi connectivity index (χ2n) is 1.93. The molecule has 0 bridgehead atoms. The molecule has 2 N–H and O–H groups in total. The monoisotopic (exact) mass is 185 g/mol. The van der Waals surface area contributed by atoms with Crippen molar-refractivity contribution in [1.82, 2.24) is 0 Å². The van der Waals surface area contributed by atoms with Crippen LogP contribution in [0.2, 0.25) is 0 Å². The van der Waals surface area contributed by atoms with Gasteiger partial charge in [0.1, 0.15) is 0 Å². The quantitative estimate of drug-likeness (QED) is 0.484. The van der Waals surface area contributed by atoms with E-state index in [2.05, 4.69) is 4.74 Å². The summed E-state index contributed by atoms with van der Waals surface area (Å²) < 4.78 is 37.8. The van der Waals surface area contributed by atoms with E-state index in [0.29, 0.717) is 0 Å². The van der Waals surface area contributed by atoms with Crippen LogP contribution in [0.5, 0.6) is 0 Å². The van der Waals surface area contributed by atoms with Crippen molar-refractivity contribution in [3.05, 3.63) is 0 Å². The molecule has 4 nitrogen and oxygen atoms in total. The van der Waals surface area contributed by atoms with Gasteiger partial charge in [0.15, 0.2) is 5.78 Å². The number of ether oxygens (including phenoxy) is 1. The van der Waals surface area contributed by atoms with Crippen LogP contribution in [0.4, 0.5) is 13.2 Å². The van der Waals surface area contributed by atoms with E-state index >= 15 is 0 Å². The number of halogens is 3. The molecule has 0 saturated heterocycles. The molecule has 1 unspecified atom stereocenters. The van der Waals surface area contributed by atoms with E-state index in [9.17, 15) is 22.8 Å². The van der Waals surface area contributed by atoms with Crippen LogP contribution in [-0.4, -0.2) is 24.2 Å². The third-order valence-electron chi connectivity index (χ3n) is 0.866. The van der Waals surface area contributed by atoms with Crippen molar-refractivity contribution in [1.29, 1.82) is 0 Å². The maximum atomic E-state index is 11.4. The zero-order valence-electron chi connectivity index (χ0n) is 6.01. The third-order valence-corrected chi connectivity index (χ3v) is 0.866.